The van der Waals surface area contributed by atoms with Gasteiger partial charge in [-0.25, -0.2) is 13.9 Å². The zero-order valence-electron chi connectivity index (χ0n) is 18.0. The van der Waals surface area contributed by atoms with Gasteiger partial charge in [0, 0.05) is 10.9 Å². The summed E-state index contributed by atoms with van der Waals surface area (Å²) in [5.41, 5.74) is 0.675. The van der Waals surface area contributed by atoms with Gasteiger partial charge >= 0.3 is 5.97 Å². The Morgan fingerprint density at radius 1 is 1.12 bits per heavy atom. The standard InChI is InChI=1S/C23H21FN4O4/c1-12(2)28-22(29)17-8-6-5-7-16(17)19(26-28)23(30)31-14(4)21-25-20(27-32-21)15-10-9-13(3)18(24)11-15/h5-12,14H,1-4H3. The molecule has 0 bridgehead atoms. The Kier molecular flexibility index (Phi) is 5.56. The van der Waals surface area contributed by atoms with Crippen LogP contribution < -0.4 is 5.56 Å². The molecule has 0 aliphatic carbocycles. The zero-order valence-corrected chi connectivity index (χ0v) is 18.0. The van der Waals surface area contributed by atoms with Gasteiger partial charge in [0.15, 0.2) is 11.8 Å². The fourth-order valence-electron chi connectivity index (χ4n) is 3.22. The zero-order chi connectivity index (χ0) is 23.0. The number of halogens is 1. The van der Waals surface area contributed by atoms with Crippen molar-refractivity contribution in [2.75, 3.05) is 0 Å². The highest BCUT2D eigenvalue weighted by molar-refractivity contribution is 6.02. The van der Waals surface area contributed by atoms with E-state index in [9.17, 15) is 14.0 Å². The van der Waals surface area contributed by atoms with E-state index >= 15 is 0 Å². The lowest BCUT2D eigenvalue weighted by atomic mass is 10.1. The largest absolute Gasteiger partial charge is 0.448 e. The Bertz CT molecular complexity index is 1380. The molecule has 0 spiro atoms. The van der Waals surface area contributed by atoms with Gasteiger partial charge in [0.1, 0.15) is 5.82 Å². The van der Waals surface area contributed by atoms with Crippen molar-refractivity contribution in [2.24, 2.45) is 0 Å². The molecule has 1 atom stereocenters. The molecule has 4 aromatic rings. The molecular formula is C23H21FN4O4. The van der Waals surface area contributed by atoms with Crippen molar-refractivity contribution in [1.82, 2.24) is 19.9 Å². The summed E-state index contributed by atoms with van der Waals surface area (Å²) in [5.74, 6) is -0.884. The van der Waals surface area contributed by atoms with Crippen LogP contribution in [0.15, 0.2) is 51.8 Å². The molecule has 9 heteroatoms. The van der Waals surface area contributed by atoms with Crippen LogP contribution in [0.5, 0.6) is 0 Å². The molecule has 0 amide bonds. The molecule has 0 radical (unpaired) electrons. The van der Waals surface area contributed by atoms with E-state index in [2.05, 4.69) is 15.2 Å². The number of benzene rings is 2. The van der Waals surface area contributed by atoms with Gasteiger partial charge in [-0.2, -0.15) is 10.1 Å². The van der Waals surface area contributed by atoms with Crippen molar-refractivity contribution in [3.8, 4) is 11.4 Å². The molecule has 0 N–H and O–H groups in total. The number of hydrogen-bond donors (Lipinski definition) is 0. The summed E-state index contributed by atoms with van der Waals surface area (Å²) in [6.07, 6.45) is -0.890. The maximum absolute atomic E-state index is 13.8. The van der Waals surface area contributed by atoms with Crippen molar-refractivity contribution >= 4 is 16.7 Å². The summed E-state index contributed by atoms with van der Waals surface area (Å²) in [5, 5.41) is 8.86. The molecule has 32 heavy (non-hydrogen) atoms. The Balaban J connectivity index is 1.63. The Labute approximate surface area is 182 Å². The number of ether oxygens (including phenoxy) is 1. The maximum Gasteiger partial charge on any atom is 0.360 e. The number of aryl methyl sites for hydroxylation is 1. The molecule has 0 aliphatic rings. The van der Waals surface area contributed by atoms with E-state index < -0.39 is 12.1 Å². The van der Waals surface area contributed by atoms with Gasteiger partial charge in [-0.1, -0.05) is 35.5 Å². The van der Waals surface area contributed by atoms with Gasteiger partial charge in [0.2, 0.25) is 5.82 Å². The smallest absolute Gasteiger partial charge is 0.360 e. The number of rotatable bonds is 5. The molecule has 2 aromatic carbocycles. The molecule has 2 aromatic heterocycles. The van der Waals surface area contributed by atoms with Crippen molar-refractivity contribution in [3.05, 3.63) is 75.8 Å². The summed E-state index contributed by atoms with van der Waals surface area (Å²) in [6.45, 7) is 6.83. The van der Waals surface area contributed by atoms with Gasteiger partial charge in [0.25, 0.3) is 11.4 Å². The first kappa shape index (κ1) is 21.4. The minimum absolute atomic E-state index is 0.0149. The molecule has 0 aliphatic heterocycles. The van der Waals surface area contributed by atoms with Gasteiger partial charge in [-0.05, 0) is 45.4 Å². The molecule has 0 saturated heterocycles. The van der Waals surface area contributed by atoms with Gasteiger partial charge in [-0.15, -0.1) is 0 Å². The summed E-state index contributed by atoms with van der Waals surface area (Å²) < 4.78 is 25.8. The molecule has 0 saturated carbocycles. The number of nitrogens with zero attached hydrogens (tertiary/aromatic N) is 4. The molecule has 164 valence electrons. The first-order valence-electron chi connectivity index (χ1n) is 10.1. The third-order valence-corrected chi connectivity index (χ3v) is 5.01. The molecule has 2 heterocycles. The van der Waals surface area contributed by atoms with Gasteiger partial charge < -0.3 is 9.26 Å². The highest BCUT2D eigenvalue weighted by atomic mass is 19.1. The second-order valence-corrected chi connectivity index (χ2v) is 7.71. The van der Waals surface area contributed by atoms with Crippen LogP contribution in [0.1, 0.15) is 54.9 Å². The van der Waals surface area contributed by atoms with Crippen LogP contribution in [0.2, 0.25) is 0 Å². The summed E-state index contributed by atoms with van der Waals surface area (Å²) in [6, 6.07) is 11.1. The van der Waals surface area contributed by atoms with Crippen molar-refractivity contribution in [1.29, 1.82) is 0 Å². The quantitative estimate of drug-likeness (QED) is 0.428. The Hall–Kier alpha value is -3.88. The molecular weight excluding hydrogens is 415 g/mol. The number of carbonyl (C=O) groups excluding carboxylic acids is 1. The van der Waals surface area contributed by atoms with Crippen LogP contribution in [-0.4, -0.2) is 25.9 Å². The number of aromatic nitrogens is 4. The van der Waals surface area contributed by atoms with Crippen molar-refractivity contribution in [3.63, 3.8) is 0 Å². The highest BCUT2D eigenvalue weighted by Crippen LogP contribution is 2.24. The summed E-state index contributed by atoms with van der Waals surface area (Å²) in [4.78, 5) is 29.8. The number of carbonyl (C=O) groups is 1. The Morgan fingerprint density at radius 3 is 2.53 bits per heavy atom. The van der Waals surface area contributed by atoms with Crippen LogP contribution in [0.4, 0.5) is 4.39 Å². The molecule has 8 nitrogen and oxygen atoms in total. The van der Waals surface area contributed by atoms with E-state index in [0.717, 1.165) is 0 Å². The van der Waals surface area contributed by atoms with Crippen molar-refractivity contribution in [2.45, 2.75) is 39.8 Å². The third-order valence-electron chi connectivity index (χ3n) is 5.01. The van der Waals surface area contributed by atoms with Crippen LogP contribution in [0, 0.1) is 12.7 Å². The van der Waals surface area contributed by atoms with E-state index in [-0.39, 0.29) is 34.8 Å². The van der Waals surface area contributed by atoms with E-state index in [1.54, 1.807) is 64.1 Å². The predicted molar refractivity (Wildman–Crippen MR) is 115 cm³/mol. The summed E-state index contributed by atoms with van der Waals surface area (Å²) >= 11 is 0. The Morgan fingerprint density at radius 2 is 1.84 bits per heavy atom. The first-order valence-corrected chi connectivity index (χ1v) is 10.1. The fourth-order valence-corrected chi connectivity index (χ4v) is 3.22. The van der Waals surface area contributed by atoms with Crippen LogP contribution in [0.25, 0.3) is 22.2 Å². The van der Waals surface area contributed by atoms with E-state index in [1.807, 2.05) is 0 Å². The van der Waals surface area contributed by atoms with Gasteiger partial charge in [-0.3, -0.25) is 4.79 Å². The number of hydrogen-bond acceptors (Lipinski definition) is 7. The fraction of sp³-hybridized carbons (Fsp3) is 0.261. The lowest BCUT2D eigenvalue weighted by Crippen LogP contribution is -2.28. The lowest BCUT2D eigenvalue weighted by Gasteiger charge is -2.14. The lowest BCUT2D eigenvalue weighted by molar-refractivity contribution is 0.0258. The third kappa shape index (κ3) is 3.89. The van der Waals surface area contributed by atoms with Gasteiger partial charge in [0.05, 0.1) is 11.4 Å². The SMILES string of the molecule is Cc1ccc(-c2noc(C(C)OC(=O)c3nn(C(C)C)c(=O)c4ccccc34)n2)cc1F. The highest BCUT2D eigenvalue weighted by Gasteiger charge is 2.24. The molecule has 4 rings (SSSR count). The number of fused-ring (bicyclic) bond motifs is 1. The molecule has 1 unspecified atom stereocenters. The maximum atomic E-state index is 13.8. The first-order chi connectivity index (χ1) is 15.3. The van der Waals surface area contributed by atoms with Crippen LogP contribution >= 0.6 is 0 Å². The van der Waals surface area contributed by atoms with E-state index in [1.165, 1.54) is 10.7 Å². The second-order valence-electron chi connectivity index (χ2n) is 7.71. The van der Waals surface area contributed by atoms with Crippen LogP contribution in [-0.2, 0) is 4.74 Å². The average molecular weight is 436 g/mol. The summed E-state index contributed by atoms with van der Waals surface area (Å²) in [7, 11) is 0. The topological polar surface area (TPSA) is 100 Å². The predicted octanol–water partition coefficient (Wildman–Crippen LogP) is 4.39. The van der Waals surface area contributed by atoms with E-state index in [4.69, 9.17) is 9.26 Å². The number of esters is 1. The van der Waals surface area contributed by atoms with Crippen molar-refractivity contribution < 1.29 is 18.4 Å². The molecule has 0 fully saturated rings. The monoisotopic (exact) mass is 436 g/mol. The second kappa shape index (κ2) is 8.33. The normalized spacial score (nSPS) is 12.3. The minimum atomic E-state index is -0.890. The minimum Gasteiger partial charge on any atom is -0.448 e. The average Bonchev–Trinajstić information content (AvgIpc) is 3.26. The van der Waals surface area contributed by atoms with E-state index in [0.29, 0.717) is 21.9 Å². The van der Waals surface area contributed by atoms with Crippen LogP contribution in [0.3, 0.4) is 0 Å².